The van der Waals surface area contributed by atoms with Crippen LogP contribution < -0.4 is 14.8 Å². The zero-order valence-electron chi connectivity index (χ0n) is 12.2. The third-order valence-electron chi connectivity index (χ3n) is 3.54. The van der Waals surface area contributed by atoms with E-state index in [9.17, 15) is 0 Å². The molecule has 3 rings (SSSR count). The minimum atomic E-state index is 0.491. The van der Waals surface area contributed by atoms with Crippen molar-refractivity contribution in [3.8, 4) is 11.5 Å². The summed E-state index contributed by atoms with van der Waals surface area (Å²) in [6.07, 6.45) is 6.13. The number of nitrogens with one attached hydrogen (secondary N) is 1. The molecule has 1 aliphatic rings. The van der Waals surface area contributed by atoms with Gasteiger partial charge in [0.15, 0.2) is 11.5 Å². The molecule has 110 valence electrons. The smallest absolute Gasteiger partial charge is 0.166 e. The molecule has 0 amide bonds. The van der Waals surface area contributed by atoms with Crippen LogP contribution in [0.25, 0.3) is 0 Å². The molecular weight excluding hydrogens is 264 g/mol. The lowest BCUT2D eigenvalue weighted by Gasteiger charge is -2.15. The zero-order chi connectivity index (χ0) is 14.5. The average Bonchev–Trinajstić information content (AvgIpc) is 3.36. The number of ether oxygens (including phenoxy) is 2. The number of rotatable bonds is 7. The van der Waals surface area contributed by atoms with Crippen LogP contribution in [0.5, 0.6) is 11.5 Å². The average molecular weight is 284 g/mol. The lowest BCUT2D eigenvalue weighted by atomic mass is 10.1. The fraction of sp³-hybridized carbons (Fsp3) is 0.353. The standard InChI is InChI=1S/C17H20N2O2/c1-20-16-6-2-5-14(11-19-15-7-8-15)17(16)21-12-13-4-3-9-18-10-13/h2-6,9-10,15,19H,7-8,11-12H2,1H3. The molecule has 1 aliphatic carbocycles. The first-order chi connectivity index (χ1) is 10.4. The molecule has 0 atom stereocenters. The van der Waals surface area contributed by atoms with Crippen molar-refractivity contribution >= 4 is 0 Å². The Morgan fingerprint density at radius 3 is 2.86 bits per heavy atom. The van der Waals surface area contributed by atoms with E-state index in [1.165, 1.54) is 12.8 Å². The van der Waals surface area contributed by atoms with Crippen molar-refractivity contribution in [3.63, 3.8) is 0 Å². The van der Waals surface area contributed by atoms with E-state index in [1.54, 1.807) is 13.3 Å². The second kappa shape index (κ2) is 6.59. The molecule has 1 aromatic carbocycles. The Balaban J connectivity index is 1.73. The quantitative estimate of drug-likeness (QED) is 0.849. The van der Waals surface area contributed by atoms with Crippen molar-refractivity contribution in [2.24, 2.45) is 0 Å². The maximum atomic E-state index is 5.99. The van der Waals surface area contributed by atoms with Gasteiger partial charge in [-0.3, -0.25) is 4.98 Å². The van der Waals surface area contributed by atoms with Crippen LogP contribution in [-0.4, -0.2) is 18.1 Å². The normalized spacial score (nSPS) is 14.0. The van der Waals surface area contributed by atoms with Gasteiger partial charge in [0.1, 0.15) is 6.61 Å². The highest BCUT2D eigenvalue weighted by Gasteiger charge is 2.21. The van der Waals surface area contributed by atoms with Gasteiger partial charge in [-0.25, -0.2) is 0 Å². The topological polar surface area (TPSA) is 43.4 Å². The zero-order valence-corrected chi connectivity index (χ0v) is 12.2. The molecule has 0 unspecified atom stereocenters. The highest BCUT2D eigenvalue weighted by atomic mass is 16.5. The third kappa shape index (κ3) is 3.73. The van der Waals surface area contributed by atoms with Gasteiger partial charge in [-0.2, -0.15) is 0 Å². The Morgan fingerprint density at radius 2 is 2.14 bits per heavy atom. The van der Waals surface area contributed by atoms with Gasteiger partial charge in [-0.05, 0) is 25.0 Å². The number of para-hydroxylation sites is 1. The predicted molar refractivity (Wildman–Crippen MR) is 81.4 cm³/mol. The lowest BCUT2D eigenvalue weighted by molar-refractivity contribution is 0.280. The molecule has 4 heteroatoms. The minimum absolute atomic E-state index is 0.491. The van der Waals surface area contributed by atoms with Gasteiger partial charge >= 0.3 is 0 Å². The number of hydrogen-bond acceptors (Lipinski definition) is 4. The van der Waals surface area contributed by atoms with Gasteiger partial charge in [0, 0.05) is 36.1 Å². The van der Waals surface area contributed by atoms with Gasteiger partial charge in [-0.1, -0.05) is 18.2 Å². The van der Waals surface area contributed by atoms with Crippen molar-refractivity contribution in [3.05, 3.63) is 53.9 Å². The van der Waals surface area contributed by atoms with Crippen LogP contribution in [0.2, 0.25) is 0 Å². The molecule has 1 fully saturated rings. The highest BCUT2D eigenvalue weighted by molar-refractivity contribution is 5.46. The van der Waals surface area contributed by atoms with E-state index < -0.39 is 0 Å². The maximum Gasteiger partial charge on any atom is 0.166 e. The lowest BCUT2D eigenvalue weighted by Crippen LogP contribution is -2.16. The molecule has 0 bridgehead atoms. The van der Waals surface area contributed by atoms with E-state index in [0.29, 0.717) is 12.6 Å². The Hall–Kier alpha value is -2.07. The first-order valence-corrected chi connectivity index (χ1v) is 7.28. The van der Waals surface area contributed by atoms with Gasteiger partial charge in [0.05, 0.1) is 7.11 Å². The van der Waals surface area contributed by atoms with Gasteiger partial charge in [0.2, 0.25) is 0 Å². The SMILES string of the molecule is COc1cccc(CNC2CC2)c1OCc1cccnc1. The first-order valence-electron chi connectivity index (χ1n) is 7.28. The monoisotopic (exact) mass is 284 g/mol. The van der Waals surface area contributed by atoms with Gasteiger partial charge < -0.3 is 14.8 Å². The van der Waals surface area contributed by atoms with E-state index in [0.717, 1.165) is 29.2 Å². The predicted octanol–water partition coefficient (Wildman–Crippen LogP) is 2.92. The number of aromatic nitrogens is 1. The number of nitrogens with zero attached hydrogens (tertiary/aromatic N) is 1. The third-order valence-corrected chi connectivity index (χ3v) is 3.54. The fourth-order valence-electron chi connectivity index (χ4n) is 2.21. The summed E-state index contributed by atoms with van der Waals surface area (Å²) in [5.41, 5.74) is 2.18. The van der Waals surface area contributed by atoms with Crippen molar-refractivity contribution < 1.29 is 9.47 Å². The largest absolute Gasteiger partial charge is 0.493 e. The molecule has 21 heavy (non-hydrogen) atoms. The van der Waals surface area contributed by atoms with E-state index in [1.807, 2.05) is 30.5 Å². The molecule has 0 radical (unpaired) electrons. The molecular formula is C17H20N2O2. The Morgan fingerprint density at radius 1 is 1.24 bits per heavy atom. The molecule has 0 saturated heterocycles. The number of benzene rings is 1. The van der Waals surface area contributed by atoms with Crippen LogP contribution in [0.3, 0.4) is 0 Å². The van der Waals surface area contributed by atoms with Gasteiger partial charge in [0.25, 0.3) is 0 Å². The summed E-state index contributed by atoms with van der Waals surface area (Å²) in [7, 11) is 1.67. The molecule has 0 spiro atoms. The Labute approximate surface area is 125 Å². The summed E-state index contributed by atoms with van der Waals surface area (Å²) in [4.78, 5) is 4.11. The van der Waals surface area contributed by atoms with Crippen molar-refractivity contribution in [2.45, 2.75) is 32.0 Å². The van der Waals surface area contributed by atoms with Crippen molar-refractivity contribution in [2.75, 3.05) is 7.11 Å². The fourth-order valence-corrected chi connectivity index (χ4v) is 2.21. The Kier molecular flexibility index (Phi) is 4.36. The van der Waals surface area contributed by atoms with E-state index in [-0.39, 0.29) is 0 Å². The summed E-state index contributed by atoms with van der Waals surface area (Å²) in [5, 5.41) is 3.51. The minimum Gasteiger partial charge on any atom is -0.493 e. The molecule has 1 heterocycles. The van der Waals surface area contributed by atoms with Crippen molar-refractivity contribution in [1.82, 2.24) is 10.3 Å². The summed E-state index contributed by atoms with van der Waals surface area (Å²) in [6, 6.07) is 10.6. The van der Waals surface area contributed by atoms with Crippen LogP contribution in [-0.2, 0) is 13.2 Å². The highest BCUT2D eigenvalue weighted by Crippen LogP contribution is 2.32. The number of methoxy groups -OCH3 is 1. The molecule has 1 aromatic heterocycles. The summed E-state index contributed by atoms with van der Waals surface area (Å²) in [5.74, 6) is 1.59. The van der Waals surface area contributed by atoms with Crippen LogP contribution in [0.1, 0.15) is 24.0 Å². The van der Waals surface area contributed by atoms with Crippen LogP contribution >= 0.6 is 0 Å². The summed E-state index contributed by atoms with van der Waals surface area (Å²) >= 11 is 0. The summed E-state index contributed by atoms with van der Waals surface area (Å²) in [6.45, 7) is 1.30. The number of pyridine rings is 1. The second-order valence-electron chi connectivity index (χ2n) is 5.25. The second-order valence-corrected chi connectivity index (χ2v) is 5.25. The van der Waals surface area contributed by atoms with E-state index in [2.05, 4.69) is 16.4 Å². The molecule has 0 aliphatic heterocycles. The summed E-state index contributed by atoms with van der Waals surface area (Å²) < 4.78 is 11.4. The van der Waals surface area contributed by atoms with Crippen LogP contribution in [0.15, 0.2) is 42.7 Å². The molecule has 4 nitrogen and oxygen atoms in total. The van der Waals surface area contributed by atoms with Gasteiger partial charge in [-0.15, -0.1) is 0 Å². The Bertz CT molecular complexity index is 583. The van der Waals surface area contributed by atoms with Crippen LogP contribution in [0.4, 0.5) is 0 Å². The molecule has 2 aromatic rings. The van der Waals surface area contributed by atoms with Crippen LogP contribution in [0, 0.1) is 0 Å². The first kappa shape index (κ1) is 13.9. The molecule has 1 N–H and O–H groups in total. The maximum absolute atomic E-state index is 5.99. The van der Waals surface area contributed by atoms with E-state index in [4.69, 9.17) is 9.47 Å². The molecule has 1 saturated carbocycles. The number of hydrogen-bond donors (Lipinski definition) is 1. The van der Waals surface area contributed by atoms with E-state index >= 15 is 0 Å². The van der Waals surface area contributed by atoms with Crippen molar-refractivity contribution in [1.29, 1.82) is 0 Å².